The van der Waals surface area contributed by atoms with E-state index in [0.29, 0.717) is 29.0 Å². The average molecular weight is 413 g/mol. The maximum absolute atomic E-state index is 12.7. The monoisotopic (exact) mass is 412 g/mol. The van der Waals surface area contributed by atoms with Crippen molar-refractivity contribution >= 4 is 33.7 Å². The molecule has 0 amide bonds. The Morgan fingerprint density at radius 2 is 1.86 bits per heavy atom. The van der Waals surface area contributed by atoms with E-state index >= 15 is 0 Å². The Hall–Kier alpha value is -2.80. The second kappa shape index (κ2) is 7.91. The molecule has 0 saturated carbocycles. The number of ether oxygens (including phenoxy) is 3. The summed E-state index contributed by atoms with van der Waals surface area (Å²) in [6.07, 6.45) is 6.78. The molecule has 1 aromatic carbocycles. The zero-order chi connectivity index (χ0) is 20.5. The van der Waals surface area contributed by atoms with Gasteiger partial charge in [0.1, 0.15) is 10.7 Å². The average Bonchev–Trinajstić information content (AvgIpc) is 3.08. The first-order valence-electron chi connectivity index (χ1n) is 9.56. The molecule has 7 heteroatoms. The molecule has 1 aliphatic carbocycles. The summed E-state index contributed by atoms with van der Waals surface area (Å²) in [6, 6.07) is 3.69. The van der Waals surface area contributed by atoms with Gasteiger partial charge in [0.05, 0.1) is 26.7 Å². The van der Waals surface area contributed by atoms with Gasteiger partial charge in [0.15, 0.2) is 11.5 Å². The van der Waals surface area contributed by atoms with Gasteiger partial charge in [-0.1, -0.05) is 13.0 Å². The lowest BCUT2D eigenvalue weighted by atomic mass is 9.89. The van der Waals surface area contributed by atoms with E-state index in [2.05, 4.69) is 16.9 Å². The van der Waals surface area contributed by atoms with Crippen molar-refractivity contribution in [3.8, 4) is 17.2 Å². The van der Waals surface area contributed by atoms with Gasteiger partial charge in [0.25, 0.3) is 5.56 Å². The standard InChI is InChI=1S/C22H24N2O4S/c1-12-5-7-14-17(9-12)29-22-19(14)21(25)23-18(24-22)8-6-13-10-15(26-2)20(28-4)16(11-13)27-3/h6,8,10-12H,5,7,9H2,1-4H3,(H,23,24,25)/b8-6+/t12-/m0/s1. The van der Waals surface area contributed by atoms with Gasteiger partial charge in [0, 0.05) is 4.88 Å². The number of benzene rings is 1. The highest BCUT2D eigenvalue weighted by Gasteiger charge is 2.22. The molecule has 0 saturated heterocycles. The molecule has 0 fully saturated rings. The number of methoxy groups -OCH3 is 3. The van der Waals surface area contributed by atoms with Crippen LogP contribution in [0.4, 0.5) is 0 Å². The third kappa shape index (κ3) is 3.62. The largest absolute Gasteiger partial charge is 0.493 e. The number of aromatic nitrogens is 2. The lowest BCUT2D eigenvalue weighted by Gasteiger charge is -2.17. The third-order valence-electron chi connectivity index (χ3n) is 5.30. The molecule has 29 heavy (non-hydrogen) atoms. The molecule has 0 unspecified atom stereocenters. The number of rotatable bonds is 5. The fourth-order valence-electron chi connectivity index (χ4n) is 3.82. The first kappa shape index (κ1) is 19.5. The molecule has 3 aromatic rings. The number of nitrogens with zero attached hydrogens (tertiary/aromatic N) is 1. The van der Waals surface area contributed by atoms with Crippen molar-refractivity contribution in [1.82, 2.24) is 9.97 Å². The molecule has 0 bridgehead atoms. The van der Waals surface area contributed by atoms with Gasteiger partial charge in [-0.3, -0.25) is 4.79 Å². The van der Waals surface area contributed by atoms with Gasteiger partial charge in [-0.2, -0.15) is 0 Å². The molecule has 1 aliphatic rings. The molecular weight excluding hydrogens is 388 g/mol. The van der Waals surface area contributed by atoms with E-state index in [0.717, 1.165) is 35.0 Å². The second-order valence-electron chi connectivity index (χ2n) is 7.28. The van der Waals surface area contributed by atoms with E-state index in [-0.39, 0.29) is 5.56 Å². The van der Waals surface area contributed by atoms with Gasteiger partial charge >= 0.3 is 0 Å². The fourth-order valence-corrected chi connectivity index (χ4v) is 5.21. The number of H-pyrrole nitrogens is 1. The summed E-state index contributed by atoms with van der Waals surface area (Å²) < 4.78 is 16.1. The van der Waals surface area contributed by atoms with Crippen molar-refractivity contribution < 1.29 is 14.2 Å². The lowest BCUT2D eigenvalue weighted by Crippen LogP contribution is -2.13. The Bertz CT molecular complexity index is 1120. The molecule has 1 atom stereocenters. The van der Waals surface area contributed by atoms with Crippen LogP contribution in [0.5, 0.6) is 17.2 Å². The summed E-state index contributed by atoms with van der Waals surface area (Å²) in [5.74, 6) is 2.88. The first-order valence-corrected chi connectivity index (χ1v) is 10.4. The Kier molecular flexibility index (Phi) is 5.32. The van der Waals surface area contributed by atoms with Crippen LogP contribution >= 0.6 is 11.3 Å². The third-order valence-corrected chi connectivity index (χ3v) is 6.45. The summed E-state index contributed by atoms with van der Waals surface area (Å²) in [5.41, 5.74) is 1.98. The van der Waals surface area contributed by atoms with Crippen molar-refractivity contribution in [1.29, 1.82) is 0 Å². The van der Waals surface area contributed by atoms with Crippen molar-refractivity contribution in [2.45, 2.75) is 26.2 Å². The minimum atomic E-state index is -0.0633. The zero-order valence-electron chi connectivity index (χ0n) is 17.0. The molecule has 2 aromatic heterocycles. The summed E-state index contributed by atoms with van der Waals surface area (Å²) >= 11 is 1.65. The number of nitrogens with one attached hydrogen (secondary N) is 1. The van der Waals surface area contributed by atoms with E-state index in [9.17, 15) is 4.79 Å². The highest BCUT2D eigenvalue weighted by molar-refractivity contribution is 7.18. The first-order chi connectivity index (χ1) is 14.0. The molecule has 1 N–H and O–H groups in total. The number of thiophene rings is 1. The Balaban J connectivity index is 1.71. The van der Waals surface area contributed by atoms with E-state index in [4.69, 9.17) is 14.2 Å². The normalized spacial score (nSPS) is 16.2. The topological polar surface area (TPSA) is 73.4 Å². The summed E-state index contributed by atoms with van der Waals surface area (Å²) in [4.78, 5) is 22.5. The van der Waals surface area contributed by atoms with Gasteiger partial charge in [-0.05, 0) is 54.5 Å². The molecule has 0 spiro atoms. The summed E-state index contributed by atoms with van der Waals surface area (Å²) in [6.45, 7) is 2.26. The second-order valence-corrected chi connectivity index (χ2v) is 8.36. The minimum Gasteiger partial charge on any atom is -0.493 e. The van der Waals surface area contributed by atoms with Crippen LogP contribution in [0.1, 0.15) is 35.2 Å². The van der Waals surface area contributed by atoms with Gasteiger partial charge in [0.2, 0.25) is 5.75 Å². The minimum absolute atomic E-state index is 0.0633. The maximum atomic E-state index is 12.7. The van der Waals surface area contributed by atoms with Gasteiger partial charge in [-0.15, -0.1) is 11.3 Å². The molecular formula is C22H24N2O4S. The molecule has 4 rings (SSSR count). The molecule has 0 radical (unpaired) electrons. The van der Waals surface area contributed by atoms with Crippen LogP contribution in [-0.4, -0.2) is 31.3 Å². The number of aryl methyl sites for hydroxylation is 1. The number of hydrogen-bond acceptors (Lipinski definition) is 6. The smallest absolute Gasteiger partial charge is 0.260 e. The highest BCUT2D eigenvalue weighted by atomic mass is 32.1. The van der Waals surface area contributed by atoms with E-state index in [1.165, 1.54) is 10.4 Å². The van der Waals surface area contributed by atoms with Crippen molar-refractivity contribution in [2.75, 3.05) is 21.3 Å². The summed E-state index contributed by atoms with van der Waals surface area (Å²) in [7, 11) is 4.73. The van der Waals surface area contributed by atoms with Crippen LogP contribution in [0, 0.1) is 5.92 Å². The Labute approximate surface area is 173 Å². The van der Waals surface area contributed by atoms with Crippen molar-refractivity contribution in [3.05, 3.63) is 44.3 Å². The van der Waals surface area contributed by atoms with Crippen molar-refractivity contribution in [3.63, 3.8) is 0 Å². The highest BCUT2D eigenvalue weighted by Crippen LogP contribution is 2.39. The molecule has 6 nitrogen and oxygen atoms in total. The van der Waals surface area contributed by atoms with Crippen LogP contribution in [0.3, 0.4) is 0 Å². The molecule has 0 aliphatic heterocycles. The van der Waals surface area contributed by atoms with Crippen LogP contribution in [0.25, 0.3) is 22.4 Å². The van der Waals surface area contributed by atoms with E-state index < -0.39 is 0 Å². The molecule has 152 valence electrons. The number of fused-ring (bicyclic) bond motifs is 3. The van der Waals surface area contributed by atoms with Crippen LogP contribution in [0.15, 0.2) is 16.9 Å². The Morgan fingerprint density at radius 1 is 1.14 bits per heavy atom. The van der Waals surface area contributed by atoms with Crippen LogP contribution < -0.4 is 19.8 Å². The number of aromatic amines is 1. The van der Waals surface area contributed by atoms with E-state index in [1.54, 1.807) is 38.7 Å². The number of hydrogen-bond donors (Lipinski definition) is 1. The SMILES string of the molecule is COc1cc(/C=C/c2nc3sc4c(c3c(=O)[nH]2)CC[C@H](C)C4)cc(OC)c1OC. The maximum Gasteiger partial charge on any atom is 0.260 e. The predicted octanol–water partition coefficient (Wildman–Crippen LogP) is 4.31. The molecule has 2 heterocycles. The van der Waals surface area contributed by atoms with Crippen LogP contribution in [-0.2, 0) is 12.8 Å². The van der Waals surface area contributed by atoms with Crippen LogP contribution in [0.2, 0.25) is 0 Å². The Morgan fingerprint density at radius 3 is 2.52 bits per heavy atom. The van der Waals surface area contributed by atoms with Crippen molar-refractivity contribution in [2.24, 2.45) is 5.92 Å². The van der Waals surface area contributed by atoms with E-state index in [1.807, 2.05) is 18.2 Å². The predicted molar refractivity (Wildman–Crippen MR) is 116 cm³/mol. The summed E-state index contributed by atoms with van der Waals surface area (Å²) in [5, 5.41) is 0.766. The van der Waals surface area contributed by atoms with Gasteiger partial charge < -0.3 is 19.2 Å². The zero-order valence-corrected chi connectivity index (χ0v) is 17.8. The quantitative estimate of drug-likeness (QED) is 0.676. The lowest BCUT2D eigenvalue weighted by molar-refractivity contribution is 0.324. The van der Waals surface area contributed by atoms with Gasteiger partial charge in [-0.25, -0.2) is 4.98 Å². The fraction of sp³-hybridized carbons (Fsp3) is 0.364.